The molecular formula is C24H19ClN4O2. The number of rotatable bonds is 5. The van der Waals surface area contributed by atoms with Crippen LogP contribution in [0.25, 0.3) is 10.9 Å². The fourth-order valence-corrected chi connectivity index (χ4v) is 3.73. The second-order valence-electron chi connectivity index (χ2n) is 7.68. The van der Waals surface area contributed by atoms with E-state index in [0.717, 1.165) is 24.2 Å². The number of fused-ring (bicyclic) bond motifs is 1. The first-order valence-corrected chi connectivity index (χ1v) is 10.5. The molecule has 0 unspecified atom stereocenters. The van der Waals surface area contributed by atoms with Crippen molar-refractivity contribution in [3.05, 3.63) is 99.3 Å². The molecule has 0 spiro atoms. The predicted octanol–water partition coefficient (Wildman–Crippen LogP) is 4.62. The zero-order valence-electron chi connectivity index (χ0n) is 16.6. The molecule has 0 saturated heterocycles. The second kappa shape index (κ2) is 7.96. The van der Waals surface area contributed by atoms with Gasteiger partial charge in [-0.05, 0) is 60.9 Å². The Bertz CT molecular complexity index is 1330. The quantitative estimate of drug-likeness (QED) is 0.501. The molecule has 2 heterocycles. The number of nitrogens with one attached hydrogen (secondary N) is 1. The summed E-state index contributed by atoms with van der Waals surface area (Å²) in [5.41, 5.74) is 2.56. The van der Waals surface area contributed by atoms with E-state index in [-0.39, 0.29) is 11.5 Å². The van der Waals surface area contributed by atoms with Crippen molar-refractivity contribution in [2.75, 3.05) is 5.32 Å². The summed E-state index contributed by atoms with van der Waals surface area (Å²) in [5, 5.41) is 3.98. The van der Waals surface area contributed by atoms with Gasteiger partial charge in [0, 0.05) is 34.6 Å². The van der Waals surface area contributed by atoms with Crippen LogP contribution >= 0.6 is 11.6 Å². The third-order valence-corrected chi connectivity index (χ3v) is 5.63. The fourth-order valence-electron chi connectivity index (χ4n) is 3.60. The lowest BCUT2D eigenvalue weighted by atomic mass is 10.1. The molecule has 7 heteroatoms. The molecule has 0 bridgehead atoms. The van der Waals surface area contributed by atoms with Gasteiger partial charge in [-0.25, -0.2) is 4.98 Å². The minimum absolute atomic E-state index is 0.109. The third-order valence-electron chi connectivity index (χ3n) is 5.38. The van der Waals surface area contributed by atoms with Gasteiger partial charge < -0.3 is 5.32 Å². The van der Waals surface area contributed by atoms with Gasteiger partial charge in [-0.1, -0.05) is 23.7 Å². The Morgan fingerprint density at radius 3 is 2.52 bits per heavy atom. The Hall–Kier alpha value is -3.51. The molecule has 31 heavy (non-hydrogen) atoms. The van der Waals surface area contributed by atoms with Crippen LogP contribution in [0.4, 0.5) is 5.69 Å². The number of halogens is 1. The van der Waals surface area contributed by atoms with E-state index in [9.17, 15) is 9.59 Å². The van der Waals surface area contributed by atoms with Crippen molar-refractivity contribution in [2.24, 2.45) is 0 Å². The number of hydrogen-bond acceptors (Lipinski definition) is 4. The molecular weight excluding hydrogens is 412 g/mol. The van der Waals surface area contributed by atoms with Gasteiger partial charge in [0.1, 0.15) is 5.82 Å². The van der Waals surface area contributed by atoms with E-state index in [1.165, 1.54) is 0 Å². The Morgan fingerprint density at radius 2 is 1.81 bits per heavy atom. The third kappa shape index (κ3) is 4.07. The molecule has 154 valence electrons. The highest BCUT2D eigenvalue weighted by atomic mass is 35.5. The van der Waals surface area contributed by atoms with Crippen LogP contribution in [0.3, 0.4) is 0 Å². The maximum Gasteiger partial charge on any atom is 0.261 e. The van der Waals surface area contributed by atoms with Crippen LogP contribution in [-0.2, 0) is 6.54 Å². The molecule has 1 N–H and O–H groups in total. The second-order valence-corrected chi connectivity index (χ2v) is 8.12. The zero-order chi connectivity index (χ0) is 21.4. The standard InChI is InChI=1S/C24H19ClN4O2/c25-18-5-1-15(2-6-18)14-29-22(16-3-4-16)28-21-8-7-19(13-20(21)24(29)31)27-23(30)17-9-11-26-12-10-17/h1-2,5-13,16H,3-4,14H2,(H,27,30). The minimum atomic E-state index is -0.259. The van der Waals surface area contributed by atoms with Crippen molar-refractivity contribution in [2.45, 2.75) is 25.3 Å². The highest BCUT2D eigenvalue weighted by molar-refractivity contribution is 6.30. The van der Waals surface area contributed by atoms with Gasteiger partial charge in [-0.15, -0.1) is 0 Å². The molecule has 1 aliphatic rings. The van der Waals surface area contributed by atoms with Crippen LogP contribution in [0.1, 0.15) is 40.5 Å². The van der Waals surface area contributed by atoms with Gasteiger partial charge in [0.25, 0.3) is 11.5 Å². The number of pyridine rings is 1. The van der Waals surface area contributed by atoms with Crippen LogP contribution in [-0.4, -0.2) is 20.4 Å². The van der Waals surface area contributed by atoms with Crippen LogP contribution < -0.4 is 10.9 Å². The smallest absolute Gasteiger partial charge is 0.261 e. The first kappa shape index (κ1) is 19.5. The number of amides is 1. The average molecular weight is 431 g/mol. The van der Waals surface area contributed by atoms with Crippen molar-refractivity contribution in [3.63, 3.8) is 0 Å². The summed E-state index contributed by atoms with van der Waals surface area (Å²) in [6.45, 7) is 0.429. The molecule has 2 aromatic heterocycles. The Labute approximate surface area is 183 Å². The van der Waals surface area contributed by atoms with Gasteiger partial charge in [-0.3, -0.25) is 19.1 Å². The van der Waals surface area contributed by atoms with Gasteiger partial charge in [0.2, 0.25) is 0 Å². The SMILES string of the molecule is O=C(Nc1ccc2nc(C3CC3)n(Cc3ccc(Cl)cc3)c(=O)c2c1)c1ccncc1. The summed E-state index contributed by atoms with van der Waals surface area (Å²) >= 11 is 6.00. The minimum Gasteiger partial charge on any atom is -0.322 e. The molecule has 6 nitrogen and oxygen atoms in total. The summed E-state index contributed by atoms with van der Waals surface area (Å²) in [5.74, 6) is 0.877. The van der Waals surface area contributed by atoms with Crippen molar-refractivity contribution < 1.29 is 4.79 Å². The van der Waals surface area contributed by atoms with Crippen LogP contribution in [0, 0.1) is 0 Å². The number of nitrogens with zero attached hydrogens (tertiary/aromatic N) is 3. The van der Waals surface area contributed by atoms with E-state index in [0.29, 0.717) is 39.6 Å². The Morgan fingerprint density at radius 1 is 1.06 bits per heavy atom. The normalized spacial score (nSPS) is 13.3. The summed E-state index contributed by atoms with van der Waals surface area (Å²) in [6, 6.07) is 16.0. The lowest BCUT2D eigenvalue weighted by Crippen LogP contribution is -2.26. The molecule has 0 radical (unpaired) electrons. The van der Waals surface area contributed by atoms with E-state index in [4.69, 9.17) is 16.6 Å². The van der Waals surface area contributed by atoms with Crippen LogP contribution in [0.15, 0.2) is 71.8 Å². The zero-order valence-corrected chi connectivity index (χ0v) is 17.3. The monoisotopic (exact) mass is 430 g/mol. The largest absolute Gasteiger partial charge is 0.322 e. The average Bonchev–Trinajstić information content (AvgIpc) is 3.63. The van der Waals surface area contributed by atoms with E-state index >= 15 is 0 Å². The Balaban J connectivity index is 1.53. The highest BCUT2D eigenvalue weighted by Gasteiger charge is 2.29. The van der Waals surface area contributed by atoms with E-state index in [1.807, 2.05) is 24.3 Å². The molecule has 2 aromatic carbocycles. The molecule has 1 amide bonds. The molecule has 0 atom stereocenters. The topological polar surface area (TPSA) is 76.9 Å². The number of anilines is 1. The number of carbonyl (C=O) groups excluding carboxylic acids is 1. The lowest BCUT2D eigenvalue weighted by molar-refractivity contribution is 0.102. The molecule has 1 aliphatic carbocycles. The Kier molecular flexibility index (Phi) is 5.00. The van der Waals surface area contributed by atoms with Crippen molar-refractivity contribution >= 4 is 34.1 Å². The molecule has 1 saturated carbocycles. The lowest BCUT2D eigenvalue weighted by Gasteiger charge is -2.14. The fraction of sp³-hybridized carbons (Fsp3) is 0.167. The van der Waals surface area contributed by atoms with Gasteiger partial charge >= 0.3 is 0 Å². The number of hydrogen-bond donors (Lipinski definition) is 1. The summed E-state index contributed by atoms with van der Waals surface area (Å²) in [4.78, 5) is 34.6. The molecule has 0 aliphatic heterocycles. The molecule has 1 fully saturated rings. The van der Waals surface area contributed by atoms with Gasteiger partial charge in [-0.2, -0.15) is 0 Å². The first-order valence-electron chi connectivity index (χ1n) is 10.1. The van der Waals surface area contributed by atoms with Gasteiger partial charge in [0.15, 0.2) is 0 Å². The van der Waals surface area contributed by atoms with Crippen molar-refractivity contribution in [1.82, 2.24) is 14.5 Å². The maximum atomic E-state index is 13.4. The number of aromatic nitrogens is 3. The van der Waals surface area contributed by atoms with E-state index < -0.39 is 0 Å². The summed E-state index contributed by atoms with van der Waals surface area (Å²) < 4.78 is 1.75. The predicted molar refractivity (Wildman–Crippen MR) is 121 cm³/mol. The summed E-state index contributed by atoms with van der Waals surface area (Å²) in [6.07, 6.45) is 5.21. The van der Waals surface area contributed by atoms with Gasteiger partial charge in [0.05, 0.1) is 17.4 Å². The van der Waals surface area contributed by atoms with Crippen molar-refractivity contribution in [3.8, 4) is 0 Å². The maximum absolute atomic E-state index is 13.4. The number of benzene rings is 2. The van der Waals surface area contributed by atoms with Crippen molar-refractivity contribution in [1.29, 1.82) is 0 Å². The van der Waals surface area contributed by atoms with Crippen LogP contribution in [0.2, 0.25) is 5.02 Å². The first-order chi connectivity index (χ1) is 15.1. The summed E-state index contributed by atoms with van der Waals surface area (Å²) in [7, 11) is 0. The van der Waals surface area contributed by atoms with Crippen LogP contribution in [0.5, 0.6) is 0 Å². The van der Waals surface area contributed by atoms with E-state index in [1.54, 1.807) is 47.3 Å². The molecule has 4 aromatic rings. The molecule has 5 rings (SSSR count). The number of carbonyl (C=O) groups is 1. The highest BCUT2D eigenvalue weighted by Crippen LogP contribution is 2.39. The van der Waals surface area contributed by atoms with E-state index in [2.05, 4.69) is 10.3 Å².